The summed E-state index contributed by atoms with van der Waals surface area (Å²) in [5.74, 6) is -1.18. The summed E-state index contributed by atoms with van der Waals surface area (Å²) in [6.07, 6.45) is -0.995. The van der Waals surface area contributed by atoms with Crippen molar-refractivity contribution in [1.82, 2.24) is 14.6 Å². The van der Waals surface area contributed by atoms with Gasteiger partial charge in [0.1, 0.15) is 36.3 Å². The molecule has 3 rings (SSSR count). The topological polar surface area (TPSA) is 185 Å². The lowest BCUT2D eigenvalue weighted by Gasteiger charge is -2.27. The minimum Gasteiger partial charge on any atom is -0.481 e. The van der Waals surface area contributed by atoms with Crippen molar-refractivity contribution in [3.63, 3.8) is 0 Å². The summed E-state index contributed by atoms with van der Waals surface area (Å²) >= 11 is 0. The van der Waals surface area contributed by atoms with Crippen LogP contribution in [0.4, 0.5) is 10.6 Å². The van der Waals surface area contributed by atoms with Gasteiger partial charge in [0.2, 0.25) is 0 Å². The molecule has 1 aliphatic heterocycles. The molecule has 13 nitrogen and oxygen atoms in total. The Bertz CT molecular complexity index is 1110. The van der Waals surface area contributed by atoms with Gasteiger partial charge < -0.3 is 34.9 Å². The van der Waals surface area contributed by atoms with E-state index in [1.165, 1.54) is 10.8 Å². The van der Waals surface area contributed by atoms with E-state index in [2.05, 4.69) is 10.1 Å². The number of ether oxygens (including phenoxy) is 4. The predicted molar refractivity (Wildman–Crippen MR) is 128 cm³/mol. The first-order valence-corrected chi connectivity index (χ1v) is 12.2. The van der Waals surface area contributed by atoms with E-state index in [-0.39, 0.29) is 25.3 Å². The number of carboxylic acid groups (broad SMARTS) is 1. The zero-order valence-corrected chi connectivity index (χ0v) is 21.2. The third-order valence-electron chi connectivity index (χ3n) is 6.12. The van der Waals surface area contributed by atoms with Gasteiger partial charge in [-0.25, -0.2) is 14.3 Å². The third kappa shape index (κ3) is 6.86. The minimum atomic E-state index is -1.40. The van der Waals surface area contributed by atoms with E-state index in [1.54, 1.807) is 32.9 Å². The average Bonchev–Trinajstić information content (AvgIpc) is 3.36. The predicted octanol–water partition coefficient (Wildman–Crippen LogP) is 2.18. The van der Waals surface area contributed by atoms with Gasteiger partial charge in [0.25, 0.3) is 0 Å². The van der Waals surface area contributed by atoms with Gasteiger partial charge in [0, 0.05) is 12.8 Å². The van der Waals surface area contributed by atoms with Gasteiger partial charge in [-0.15, -0.1) is 0 Å². The molecule has 0 radical (unpaired) electrons. The van der Waals surface area contributed by atoms with Gasteiger partial charge in [-0.3, -0.25) is 9.59 Å². The quantitative estimate of drug-likeness (QED) is 0.273. The summed E-state index contributed by atoms with van der Waals surface area (Å²) in [4.78, 5) is 39.1. The maximum atomic E-state index is 12.6. The second kappa shape index (κ2) is 12.2. The molecule has 2 aromatic heterocycles. The number of nitrogens with zero attached hydrogens (tertiary/aromatic N) is 3. The number of aliphatic hydroxyl groups is 1. The standard InChI is InChI=1S/C24H34N4O9/c1-14(2)35-23(33)34-12-16-20(36-19(31)9-7-5-4-6-8-18(29)30)21(32)24(3,37-16)17-11-10-15-22(25)26-13-27-28(15)17/h10-11,13-14,16,20-21,32H,4-9,12H2,1-3H3,(H,29,30)(H2,25,26,27)/t16-,20-,21-,24+/m1/s1. The second-order valence-electron chi connectivity index (χ2n) is 9.36. The van der Waals surface area contributed by atoms with Crippen molar-refractivity contribution in [2.75, 3.05) is 12.3 Å². The molecule has 1 saturated heterocycles. The summed E-state index contributed by atoms with van der Waals surface area (Å²) in [7, 11) is 0. The fourth-order valence-electron chi connectivity index (χ4n) is 4.26. The van der Waals surface area contributed by atoms with Crippen LogP contribution in [0.25, 0.3) is 5.52 Å². The maximum Gasteiger partial charge on any atom is 0.508 e. The molecule has 0 unspecified atom stereocenters. The Morgan fingerprint density at radius 3 is 2.57 bits per heavy atom. The van der Waals surface area contributed by atoms with Gasteiger partial charge in [-0.05, 0) is 45.7 Å². The molecule has 3 heterocycles. The zero-order chi connectivity index (χ0) is 27.2. The lowest BCUT2D eigenvalue weighted by molar-refractivity contribution is -0.157. The Morgan fingerprint density at radius 2 is 1.89 bits per heavy atom. The second-order valence-corrected chi connectivity index (χ2v) is 9.36. The largest absolute Gasteiger partial charge is 0.508 e. The van der Waals surface area contributed by atoms with Crippen molar-refractivity contribution < 1.29 is 43.5 Å². The molecule has 13 heteroatoms. The number of aliphatic carboxylic acids is 1. The molecule has 0 saturated carbocycles. The van der Waals surface area contributed by atoms with E-state index in [0.29, 0.717) is 36.9 Å². The molecule has 0 amide bonds. The first kappa shape index (κ1) is 28.1. The number of anilines is 1. The number of nitrogens with two attached hydrogens (primary N) is 1. The summed E-state index contributed by atoms with van der Waals surface area (Å²) in [6, 6.07) is 3.36. The van der Waals surface area contributed by atoms with Crippen molar-refractivity contribution in [2.45, 2.75) is 89.3 Å². The smallest absolute Gasteiger partial charge is 0.481 e. The normalized spacial score (nSPS) is 23.3. The van der Waals surface area contributed by atoms with E-state index in [9.17, 15) is 19.5 Å². The van der Waals surface area contributed by atoms with Crippen LogP contribution < -0.4 is 5.73 Å². The highest BCUT2D eigenvalue weighted by molar-refractivity contribution is 5.70. The van der Waals surface area contributed by atoms with Crippen LogP contribution >= 0.6 is 0 Å². The summed E-state index contributed by atoms with van der Waals surface area (Å²) in [6.45, 7) is 4.64. The molecular formula is C24H34N4O9. The lowest BCUT2D eigenvalue weighted by Crippen LogP contribution is -2.42. The Morgan fingerprint density at radius 1 is 1.19 bits per heavy atom. The van der Waals surface area contributed by atoms with Crippen molar-refractivity contribution in [1.29, 1.82) is 0 Å². The Labute approximate surface area is 213 Å². The number of carboxylic acids is 1. The van der Waals surface area contributed by atoms with Gasteiger partial charge >= 0.3 is 18.1 Å². The van der Waals surface area contributed by atoms with Gasteiger partial charge in [-0.2, -0.15) is 5.10 Å². The molecule has 0 aromatic carbocycles. The number of hydrogen-bond donors (Lipinski definition) is 3. The van der Waals surface area contributed by atoms with E-state index >= 15 is 0 Å². The highest BCUT2D eigenvalue weighted by Gasteiger charge is 2.56. The molecule has 204 valence electrons. The first-order valence-electron chi connectivity index (χ1n) is 12.2. The number of fused-ring (bicyclic) bond motifs is 1. The molecule has 0 bridgehead atoms. The van der Waals surface area contributed by atoms with Crippen LogP contribution in [-0.4, -0.2) is 73.9 Å². The monoisotopic (exact) mass is 522 g/mol. The Kier molecular flexibility index (Phi) is 9.27. The first-order chi connectivity index (χ1) is 17.5. The molecule has 1 fully saturated rings. The summed E-state index contributed by atoms with van der Waals surface area (Å²) < 4.78 is 23.4. The highest BCUT2D eigenvalue weighted by atomic mass is 16.7. The number of aliphatic hydroxyl groups excluding tert-OH is 1. The molecular weight excluding hydrogens is 488 g/mol. The molecule has 0 spiro atoms. The van der Waals surface area contributed by atoms with E-state index in [0.717, 1.165) is 0 Å². The minimum absolute atomic E-state index is 0.0772. The number of aromatic nitrogens is 3. The van der Waals surface area contributed by atoms with Crippen molar-refractivity contribution in [2.24, 2.45) is 0 Å². The number of carbonyl (C=O) groups excluding carboxylic acids is 2. The number of unbranched alkanes of at least 4 members (excludes halogenated alkanes) is 3. The van der Waals surface area contributed by atoms with Gasteiger partial charge in [-0.1, -0.05) is 12.8 Å². The van der Waals surface area contributed by atoms with Gasteiger partial charge in [0.15, 0.2) is 11.9 Å². The maximum absolute atomic E-state index is 12.6. The third-order valence-corrected chi connectivity index (χ3v) is 6.12. The van der Waals surface area contributed by atoms with Crippen LogP contribution in [0.5, 0.6) is 0 Å². The Hall–Kier alpha value is -3.45. The molecule has 37 heavy (non-hydrogen) atoms. The molecule has 4 N–H and O–H groups in total. The zero-order valence-electron chi connectivity index (χ0n) is 21.2. The van der Waals surface area contributed by atoms with Crippen LogP contribution in [0.3, 0.4) is 0 Å². The fraction of sp³-hybridized carbons (Fsp3) is 0.625. The van der Waals surface area contributed by atoms with E-state index < -0.39 is 48.1 Å². The summed E-state index contributed by atoms with van der Waals surface area (Å²) in [5, 5.41) is 24.2. The SMILES string of the molecule is CC(C)OC(=O)OC[C@H]1O[C@@](C)(c2ccc3c(N)ncnn23)[C@H](O)[C@@H]1OC(=O)CCCCCCC(=O)O. The molecule has 1 aliphatic rings. The highest BCUT2D eigenvalue weighted by Crippen LogP contribution is 2.42. The van der Waals surface area contributed by atoms with Crippen LogP contribution in [0.1, 0.15) is 65.0 Å². The average molecular weight is 523 g/mol. The van der Waals surface area contributed by atoms with Crippen molar-refractivity contribution >= 4 is 29.4 Å². The van der Waals surface area contributed by atoms with E-state index in [1.807, 2.05) is 0 Å². The van der Waals surface area contributed by atoms with Crippen molar-refractivity contribution in [3.8, 4) is 0 Å². The van der Waals surface area contributed by atoms with Crippen LogP contribution in [0.2, 0.25) is 0 Å². The Balaban J connectivity index is 1.73. The lowest BCUT2D eigenvalue weighted by atomic mass is 9.93. The molecule has 4 atom stereocenters. The van der Waals surface area contributed by atoms with E-state index in [4.69, 9.17) is 29.8 Å². The number of hydrogen-bond acceptors (Lipinski definition) is 11. The number of rotatable bonds is 12. The van der Waals surface area contributed by atoms with Crippen molar-refractivity contribution in [3.05, 3.63) is 24.2 Å². The summed E-state index contributed by atoms with van der Waals surface area (Å²) in [5.41, 5.74) is 5.48. The number of nitrogen functional groups attached to an aromatic ring is 1. The number of esters is 1. The van der Waals surface area contributed by atoms with Crippen LogP contribution in [0, 0.1) is 0 Å². The molecule has 0 aliphatic carbocycles. The van der Waals surface area contributed by atoms with Crippen LogP contribution in [-0.2, 0) is 34.1 Å². The van der Waals surface area contributed by atoms with Gasteiger partial charge in [0.05, 0.1) is 11.8 Å². The molecule has 2 aromatic rings. The number of carbonyl (C=O) groups is 3. The fourth-order valence-corrected chi connectivity index (χ4v) is 4.26. The van der Waals surface area contributed by atoms with Crippen LogP contribution in [0.15, 0.2) is 18.5 Å².